The molecule has 1 unspecified atom stereocenters. The number of thioether (sulfide) groups is 1. The largest absolute Gasteiger partial charge is 0.127 e. The summed E-state index contributed by atoms with van der Waals surface area (Å²) in [5.41, 5.74) is 0. The third-order valence-corrected chi connectivity index (χ3v) is 2.88. The fraction of sp³-hybridized carbons (Fsp3) is 0.636. The molecule has 0 saturated heterocycles. The Hall–Kier alpha value is -0.170. The molecule has 1 heteroatoms. The van der Waals surface area contributed by atoms with Crippen molar-refractivity contribution in [3.63, 3.8) is 0 Å². The van der Waals surface area contributed by atoms with Crippen LogP contribution in [0.2, 0.25) is 0 Å². The lowest BCUT2D eigenvalue weighted by Gasteiger charge is -2.08. The molecule has 1 atom stereocenters. The highest BCUT2D eigenvalue weighted by Gasteiger charge is 2.00. The molecule has 0 radical (unpaired) electrons. The summed E-state index contributed by atoms with van der Waals surface area (Å²) in [6, 6.07) is 0. The van der Waals surface area contributed by atoms with Gasteiger partial charge in [0.2, 0.25) is 0 Å². The lowest BCUT2D eigenvalue weighted by molar-refractivity contribution is 0.513. The zero-order chi connectivity index (χ0) is 9.40. The molecule has 0 fully saturated rings. The van der Waals surface area contributed by atoms with Gasteiger partial charge in [-0.15, -0.1) is 11.8 Å². The van der Waals surface area contributed by atoms with Crippen molar-refractivity contribution in [1.82, 2.24) is 0 Å². The first-order chi connectivity index (χ1) is 5.70. The SMILES string of the molecule is C=CC(=C)SCCC(C)CCC. The van der Waals surface area contributed by atoms with E-state index in [-0.39, 0.29) is 0 Å². The van der Waals surface area contributed by atoms with Crippen LogP contribution in [0, 0.1) is 5.92 Å². The molecule has 12 heavy (non-hydrogen) atoms. The Kier molecular flexibility index (Phi) is 7.37. The van der Waals surface area contributed by atoms with E-state index in [0.717, 1.165) is 10.8 Å². The summed E-state index contributed by atoms with van der Waals surface area (Å²) < 4.78 is 0. The van der Waals surface area contributed by atoms with Crippen molar-refractivity contribution < 1.29 is 0 Å². The molecule has 0 saturated carbocycles. The van der Waals surface area contributed by atoms with E-state index in [1.807, 2.05) is 17.8 Å². The summed E-state index contributed by atoms with van der Waals surface area (Å²) in [6.45, 7) is 12.1. The Morgan fingerprint density at radius 2 is 2.17 bits per heavy atom. The first-order valence-electron chi connectivity index (χ1n) is 4.64. The molecule has 0 aromatic heterocycles. The van der Waals surface area contributed by atoms with E-state index in [0.29, 0.717) is 0 Å². The van der Waals surface area contributed by atoms with Gasteiger partial charge in [0, 0.05) is 0 Å². The van der Waals surface area contributed by atoms with E-state index in [9.17, 15) is 0 Å². The van der Waals surface area contributed by atoms with Crippen LogP contribution in [0.5, 0.6) is 0 Å². The summed E-state index contributed by atoms with van der Waals surface area (Å²) in [4.78, 5) is 1.10. The molecule has 0 aromatic rings. The molecular weight excluding hydrogens is 164 g/mol. The minimum atomic E-state index is 0.861. The van der Waals surface area contributed by atoms with Crippen LogP contribution in [-0.4, -0.2) is 5.75 Å². The monoisotopic (exact) mass is 184 g/mol. The first-order valence-corrected chi connectivity index (χ1v) is 5.63. The van der Waals surface area contributed by atoms with Crippen molar-refractivity contribution in [2.45, 2.75) is 33.1 Å². The zero-order valence-electron chi connectivity index (χ0n) is 8.31. The van der Waals surface area contributed by atoms with Gasteiger partial charge in [0.25, 0.3) is 0 Å². The number of rotatable bonds is 7. The van der Waals surface area contributed by atoms with Gasteiger partial charge in [0.05, 0.1) is 0 Å². The van der Waals surface area contributed by atoms with E-state index < -0.39 is 0 Å². The van der Waals surface area contributed by atoms with Gasteiger partial charge in [-0.2, -0.15) is 0 Å². The van der Waals surface area contributed by atoms with Crippen LogP contribution in [0.3, 0.4) is 0 Å². The van der Waals surface area contributed by atoms with Gasteiger partial charge in [-0.05, 0) is 23.0 Å². The maximum atomic E-state index is 3.86. The van der Waals surface area contributed by atoms with Crippen molar-refractivity contribution in [3.05, 3.63) is 24.1 Å². The second kappa shape index (κ2) is 7.48. The van der Waals surface area contributed by atoms with E-state index in [1.165, 1.54) is 25.0 Å². The molecule has 0 N–H and O–H groups in total. The van der Waals surface area contributed by atoms with Gasteiger partial charge in [-0.1, -0.05) is 45.9 Å². The van der Waals surface area contributed by atoms with Crippen LogP contribution in [0.15, 0.2) is 24.1 Å². The molecule has 0 aliphatic heterocycles. The Morgan fingerprint density at radius 1 is 1.50 bits per heavy atom. The van der Waals surface area contributed by atoms with Crippen molar-refractivity contribution in [1.29, 1.82) is 0 Å². The van der Waals surface area contributed by atoms with Crippen LogP contribution >= 0.6 is 11.8 Å². The average molecular weight is 184 g/mol. The molecule has 0 bridgehead atoms. The van der Waals surface area contributed by atoms with Crippen molar-refractivity contribution in [2.75, 3.05) is 5.75 Å². The summed E-state index contributed by atoms with van der Waals surface area (Å²) >= 11 is 1.82. The standard InChI is InChI=1S/C11H20S/c1-5-7-10(3)8-9-12-11(4)6-2/h6,10H,2,4-5,7-9H2,1,3H3. The van der Waals surface area contributed by atoms with Crippen molar-refractivity contribution in [2.24, 2.45) is 5.92 Å². The second-order valence-corrected chi connectivity index (χ2v) is 4.42. The molecule has 0 aliphatic rings. The summed E-state index contributed by atoms with van der Waals surface area (Å²) in [6.07, 6.45) is 5.77. The van der Waals surface area contributed by atoms with Crippen molar-refractivity contribution >= 4 is 11.8 Å². The summed E-state index contributed by atoms with van der Waals surface area (Å²) in [5, 5.41) is 0. The van der Waals surface area contributed by atoms with E-state index in [2.05, 4.69) is 27.0 Å². The quantitative estimate of drug-likeness (QED) is 0.533. The Labute approximate surface area is 81.1 Å². The highest BCUT2D eigenvalue weighted by molar-refractivity contribution is 8.03. The Morgan fingerprint density at radius 3 is 2.67 bits per heavy atom. The molecule has 0 rings (SSSR count). The normalized spacial score (nSPS) is 12.5. The number of allylic oxidation sites excluding steroid dienone is 1. The van der Waals surface area contributed by atoms with Gasteiger partial charge >= 0.3 is 0 Å². The fourth-order valence-corrected chi connectivity index (χ4v) is 1.99. The molecule has 0 aliphatic carbocycles. The minimum Gasteiger partial charge on any atom is -0.127 e. The molecule has 70 valence electrons. The van der Waals surface area contributed by atoms with Crippen LogP contribution in [-0.2, 0) is 0 Å². The highest BCUT2D eigenvalue weighted by Crippen LogP contribution is 2.19. The first kappa shape index (κ1) is 11.8. The molecule has 0 amide bonds. The summed E-state index contributed by atoms with van der Waals surface area (Å²) in [7, 11) is 0. The van der Waals surface area contributed by atoms with Gasteiger partial charge in [-0.3, -0.25) is 0 Å². The van der Waals surface area contributed by atoms with Gasteiger partial charge in [-0.25, -0.2) is 0 Å². The van der Waals surface area contributed by atoms with Gasteiger partial charge in [0.15, 0.2) is 0 Å². The van der Waals surface area contributed by atoms with E-state index in [4.69, 9.17) is 0 Å². The predicted octanol–water partition coefficient (Wildman–Crippen LogP) is 4.25. The fourth-order valence-electron chi connectivity index (χ4n) is 1.09. The maximum Gasteiger partial charge on any atom is -0.000592 e. The van der Waals surface area contributed by atoms with Crippen LogP contribution in [0.4, 0.5) is 0 Å². The van der Waals surface area contributed by atoms with E-state index >= 15 is 0 Å². The van der Waals surface area contributed by atoms with Crippen LogP contribution in [0.25, 0.3) is 0 Å². The van der Waals surface area contributed by atoms with Crippen LogP contribution < -0.4 is 0 Å². The minimum absolute atomic E-state index is 0.861. The van der Waals surface area contributed by atoms with E-state index in [1.54, 1.807) is 0 Å². The van der Waals surface area contributed by atoms with Crippen LogP contribution in [0.1, 0.15) is 33.1 Å². The van der Waals surface area contributed by atoms with Gasteiger partial charge in [0.1, 0.15) is 0 Å². The Bertz CT molecular complexity index is 138. The number of hydrogen-bond acceptors (Lipinski definition) is 1. The second-order valence-electron chi connectivity index (χ2n) is 3.20. The Balaban J connectivity index is 3.30. The molecule has 0 aromatic carbocycles. The molecule has 0 heterocycles. The molecule has 0 spiro atoms. The topological polar surface area (TPSA) is 0 Å². The third-order valence-electron chi connectivity index (χ3n) is 1.91. The zero-order valence-corrected chi connectivity index (χ0v) is 9.12. The third kappa shape index (κ3) is 6.53. The maximum absolute atomic E-state index is 3.86. The smallest absolute Gasteiger partial charge is 0.000592 e. The van der Waals surface area contributed by atoms with Gasteiger partial charge < -0.3 is 0 Å². The van der Waals surface area contributed by atoms with Crippen molar-refractivity contribution in [3.8, 4) is 0 Å². The summed E-state index contributed by atoms with van der Waals surface area (Å²) in [5.74, 6) is 2.05. The highest BCUT2D eigenvalue weighted by atomic mass is 32.2. The molecular formula is C11H20S. The number of hydrogen-bond donors (Lipinski definition) is 0. The molecule has 0 nitrogen and oxygen atoms in total. The lowest BCUT2D eigenvalue weighted by atomic mass is 10.0. The average Bonchev–Trinajstić information content (AvgIpc) is 2.04. The lowest BCUT2D eigenvalue weighted by Crippen LogP contribution is -1.95. The predicted molar refractivity (Wildman–Crippen MR) is 60.5 cm³/mol.